The van der Waals surface area contributed by atoms with Gasteiger partial charge in [0.05, 0.1) is 18.6 Å². The van der Waals surface area contributed by atoms with Gasteiger partial charge in [-0.05, 0) is 24.1 Å². The quantitative estimate of drug-likeness (QED) is 0.361. The molecular formula is C20H25N9O3. The molecule has 0 aliphatic rings. The Balaban J connectivity index is 1.61. The molecule has 0 radical (unpaired) electrons. The monoisotopic (exact) mass is 439 g/mol. The van der Waals surface area contributed by atoms with E-state index in [1.54, 1.807) is 39.7 Å². The molecule has 4 aromatic rings. The molecule has 0 N–H and O–H groups in total. The van der Waals surface area contributed by atoms with Crippen LogP contribution in [0.2, 0.25) is 0 Å². The summed E-state index contributed by atoms with van der Waals surface area (Å²) in [5, 5.41) is 24.1. The van der Waals surface area contributed by atoms with Gasteiger partial charge in [-0.2, -0.15) is 0 Å². The molecule has 32 heavy (non-hydrogen) atoms. The third-order valence-electron chi connectivity index (χ3n) is 4.55. The Morgan fingerprint density at radius 1 is 0.656 bits per heavy atom. The molecule has 0 aliphatic carbocycles. The van der Waals surface area contributed by atoms with Gasteiger partial charge in [0.1, 0.15) is 36.9 Å². The van der Waals surface area contributed by atoms with E-state index in [-0.39, 0.29) is 19.8 Å². The van der Waals surface area contributed by atoms with E-state index in [2.05, 4.69) is 37.9 Å². The first-order valence-corrected chi connectivity index (χ1v) is 10.1. The Hall–Kier alpha value is -3.96. The minimum atomic E-state index is 0.211. The molecule has 4 rings (SSSR count). The van der Waals surface area contributed by atoms with Crippen LogP contribution in [0.4, 0.5) is 0 Å². The molecule has 3 heterocycles. The van der Waals surface area contributed by atoms with E-state index in [4.69, 9.17) is 14.2 Å². The van der Waals surface area contributed by atoms with Crippen molar-refractivity contribution in [2.75, 3.05) is 0 Å². The second-order valence-corrected chi connectivity index (χ2v) is 7.29. The van der Waals surface area contributed by atoms with Gasteiger partial charge in [-0.1, -0.05) is 22.6 Å². The first kappa shape index (κ1) is 21.3. The highest BCUT2D eigenvalue weighted by molar-refractivity contribution is 5.54. The molecule has 0 spiro atoms. The molecule has 0 bridgehead atoms. The van der Waals surface area contributed by atoms with E-state index in [0.717, 1.165) is 12.0 Å². The Morgan fingerprint density at radius 2 is 1.06 bits per heavy atom. The zero-order valence-corrected chi connectivity index (χ0v) is 18.5. The van der Waals surface area contributed by atoms with Crippen molar-refractivity contribution < 1.29 is 14.2 Å². The Bertz CT molecular complexity index is 1120. The van der Waals surface area contributed by atoms with Crippen molar-refractivity contribution in [2.24, 2.45) is 21.1 Å². The summed E-state index contributed by atoms with van der Waals surface area (Å²) in [4.78, 5) is 0. The Labute approximate surface area is 184 Å². The van der Waals surface area contributed by atoms with E-state index >= 15 is 0 Å². The molecule has 0 atom stereocenters. The lowest BCUT2D eigenvalue weighted by Gasteiger charge is -2.17. The van der Waals surface area contributed by atoms with Crippen LogP contribution < -0.4 is 14.2 Å². The van der Waals surface area contributed by atoms with E-state index in [0.29, 0.717) is 34.3 Å². The lowest BCUT2D eigenvalue weighted by atomic mass is 10.1. The number of hydrogen-bond acceptors (Lipinski definition) is 9. The predicted octanol–water partition coefficient (Wildman–Crippen LogP) is 1.37. The minimum Gasteiger partial charge on any atom is -0.483 e. The maximum atomic E-state index is 6.11. The van der Waals surface area contributed by atoms with E-state index < -0.39 is 0 Å². The van der Waals surface area contributed by atoms with Gasteiger partial charge in [-0.3, -0.25) is 14.0 Å². The summed E-state index contributed by atoms with van der Waals surface area (Å²) in [6, 6.07) is 3.88. The molecule has 1 aromatic carbocycles. The van der Waals surface area contributed by atoms with E-state index in [9.17, 15) is 0 Å². The van der Waals surface area contributed by atoms with Crippen molar-refractivity contribution >= 4 is 0 Å². The summed E-state index contributed by atoms with van der Waals surface area (Å²) < 4.78 is 23.1. The van der Waals surface area contributed by atoms with Crippen molar-refractivity contribution in [3.8, 4) is 17.2 Å². The fraction of sp³-hybridized carbons (Fsp3) is 0.400. The highest BCUT2D eigenvalue weighted by Crippen LogP contribution is 2.40. The van der Waals surface area contributed by atoms with Crippen molar-refractivity contribution in [1.82, 2.24) is 45.0 Å². The summed E-state index contributed by atoms with van der Waals surface area (Å²) >= 11 is 0. The van der Waals surface area contributed by atoms with Gasteiger partial charge >= 0.3 is 0 Å². The van der Waals surface area contributed by atoms with Crippen molar-refractivity contribution in [2.45, 2.75) is 33.2 Å². The normalized spacial score (nSPS) is 11.0. The van der Waals surface area contributed by atoms with Crippen LogP contribution in [-0.2, 0) is 47.4 Å². The summed E-state index contributed by atoms with van der Waals surface area (Å²) in [5.74, 6) is 1.57. The lowest BCUT2D eigenvalue weighted by Crippen LogP contribution is -2.05. The highest BCUT2D eigenvalue weighted by atomic mass is 16.5. The molecule has 3 aromatic heterocycles. The van der Waals surface area contributed by atoms with Crippen molar-refractivity contribution in [3.63, 3.8) is 0 Å². The number of benzene rings is 1. The van der Waals surface area contributed by atoms with Crippen molar-refractivity contribution in [1.29, 1.82) is 0 Å². The first-order valence-electron chi connectivity index (χ1n) is 10.1. The average Bonchev–Trinajstić information content (AvgIpc) is 3.51. The van der Waals surface area contributed by atoms with Gasteiger partial charge in [0.25, 0.3) is 0 Å². The number of ether oxygens (including phenoxy) is 3. The zero-order chi connectivity index (χ0) is 22.5. The van der Waals surface area contributed by atoms with Crippen LogP contribution in [0.3, 0.4) is 0 Å². The van der Waals surface area contributed by atoms with Crippen LogP contribution >= 0.6 is 0 Å². The third kappa shape index (κ3) is 5.20. The maximum Gasteiger partial charge on any atom is 0.204 e. The van der Waals surface area contributed by atoms with Gasteiger partial charge in [0, 0.05) is 21.1 Å². The molecule has 12 nitrogen and oxygen atoms in total. The third-order valence-corrected chi connectivity index (χ3v) is 4.55. The minimum absolute atomic E-state index is 0.211. The molecule has 0 amide bonds. The largest absolute Gasteiger partial charge is 0.483 e. The van der Waals surface area contributed by atoms with Crippen LogP contribution in [0.15, 0.2) is 30.7 Å². The summed E-state index contributed by atoms with van der Waals surface area (Å²) in [7, 11) is 5.42. The fourth-order valence-electron chi connectivity index (χ4n) is 3.03. The topological polar surface area (TPSA) is 120 Å². The predicted molar refractivity (Wildman–Crippen MR) is 112 cm³/mol. The van der Waals surface area contributed by atoms with Crippen LogP contribution in [0.1, 0.15) is 29.6 Å². The van der Waals surface area contributed by atoms with E-state index in [1.165, 1.54) is 0 Å². The number of rotatable bonds is 10. The Kier molecular flexibility index (Phi) is 6.29. The average molecular weight is 439 g/mol. The molecule has 0 saturated carbocycles. The number of aromatic nitrogens is 9. The zero-order valence-electron chi connectivity index (χ0n) is 18.5. The highest BCUT2D eigenvalue weighted by Gasteiger charge is 2.18. The molecular weight excluding hydrogens is 414 g/mol. The first-order chi connectivity index (χ1) is 15.5. The summed E-state index contributed by atoms with van der Waals surface area (Å²) in [5.41, 5.74) is 3.14. The molecule has 0 saturated heterocycles. The second-order valence-electron chi connectivity index (χ2n) is 7.29. The number of aryl methyl sites for hydroxylation is 4. The van der Waals surface area contributed by atoms with Crippen LogP contribution in [0.25, 0.3) is 0 Å². The maximum absolute atomic E-state index is 6.11. The second kappa shape index (κ2) is 9.45. The van der Waals surface area contributed by atoms with Gasteiger partial charge in [0.15, 0.2) is 11.5 Å². The molecule has 168 valence electrons. The molecule has 0 fully saturated rings. The van der Waals surface area contributed by atoms with Crippen LogP contribution in [0.5, 0.6) is 17.2 Å². The van der Waals surface area contributed by atoms with Gasteiger partial charge < -0.3 is 14.2 Å². The van der Waals surface area contributed by atoms with Crippen LogP contribution in [0, 0.1) is 0 Å². The standard InChI is InChI=1S/C20H25N9O3/c1-5-14-6-18(30-11-15-8-27(2)24-21-15)20(32-13-17-10-29(4)26-23-17)19(7-14)31-12-16-9-28(3)25-22-16/h6-10H,5,11-13H2,1-4H3. The fourth-order valence-corrected chi connectivity index (χ4v) is 3.03. The van der Waals surface area contributed by atoms with Gasteiger partial charge in [0.2, 0.25) is 5.75 Å². The van der Waals surface area contributed by atoms with Crippen molar-refractivity contribution in [3.05, 3.63) is 53.4 Å². The number of hydrogen-bond donors (Lipinski definition) is 0. The summed E-state index contributed by atoms with van der Waals surface area (Å²) in [6.07, 6.45) is 6.19. The number of nitrogens with zero attached hydrogens (tertiary/aromatic N) is 9. The smallest absolute Gasteiger partial charge is 0.204 e. The van der Waals surface area contributed by atoms with Crippen LogP contribution in [-0.4, -0.2) is 45.0 Å². The lowest BCUT2D eigenvalue weighted by molar-refractivity contribution is 0.226. The Morgan fingerprint density at radius 3 is 1.41 bits per heavy atom. The summed E-state index contributed by atoms with van der Waals surface area (Å²) in [6.45, 7) is 2.76. The SMILES string of the molecule is CCc1cc(OCc2cn(C)nn2)c(OCc2cn(C)nn2)c(OCc2cn(C)nn2)c1. The van der Waals surface area contributed by atoms with Gasteiger partial charge in [-0.25, -0.2) is 0 Å². The molecule has 0 aliphatic heterocycles. The van der Waals surface area contributed by atoms with Gasteiger partial charge in [-0.15, -0.1) is 15.3 Å². The molecule has 12 heteroatoms. The van der Waals surface area contributed by atoms with E-state index in [1.807, 2.05) is 26.2 Å². The molecule has 0 unspecified atom stereocenters.